The maximum Gasteiger partial charge on any atom is 0.154 e. The van der Waals surface area contributed by atoms with E-state index in [0.717, 1.165) is 22.3 Å². The SMILES string of the molecule is COc1ccccc1[C@@]1(O)[C@H](O)CC(c2ccccc2)(c2ccccc2)[C@@H]2C(C(=O)Cc3ccccc3OCc3ccccc3)NC[C@@H]21. The number of aliphatic hydroxyl groups excluding tert-OH is 1. The quantitative estimate of drug-likeness (QED) is 0.168. The van der Waals surface area contributed by atoms with Gasteiger partial charge >= 0.3 is 0 Å². The summed E-state index contributed by atoms with van der Waals surface area (Å²) in [5.74, 6) is 0.241. The Hall–Kier alpha value is -4.75. The molecule has 3 N–H and O–H groups in total. The molecule has 7 rings (SSSR count). The Morgan fingerprint density at radius 2 is 1.33 bits per heavy atom. The van der Waals surface area contributed by atoms with E-state index in [1.807, 2.05) is 115 Å². The Morgan fingerprint density at radius 3 is 1.98 bits per heavy atom. The monoisotopic (exact) mass is 639 g/mol. The van der Waals surface area contributed by atoms with Gasteiger partial charge in [-0.05, 0) is 35.2 Å². The zero-order valence-corrected chi connectivity index (χ0v) is 27.0. The molecule has 2 aliphatic rings. The maximum absolute atomic E-state index is 14.7. The largest absolute Gasteiger partial charge is 0.496 e. The van der Waals surface area contributed by atoms with E-state index in [9.17, 15) is 15.0 Å². The van der Waals surface area contributed by atoms with Gasteiger partial charge in [0, 0.05) is 41.3 Å². The van der Waals surface area contributed by atoms with Gasteiger partial charge in [0.2, 0.25) is 0 Å². The maximum atomic E-state index is 14.7. The van der Waals surface area contributed by atoms with Crippen LogP contribution >= 0.6 is 0 Å². The molecule has 2 fully saturated rings. The van der Waals surface area contributed by atoms with Gasteiger partial charge in [0.05, 0.1) is 19.3 Å². The van der Waals surface area contributed by atoms with Gasteiger partial charge in [-0.25, -0.2) is 0 Å². The van der Waals surface area contributed by atoms with Gasteiger partial charge in [-0.15, -0.1) is 0 Å². The third-order valence-electron chi connectivity index (χ3n) is 10.5. The molecule has 6 nitrogen and oxygen atoms in total. The predicted octanol–water partition coefficient (Wildman–Crippen LogP) is 6.23. The number of hydrogen-bond donors (Lipinski definition) is 3. The highest BCUT2D eigenvalue weighted by Crippen LogP contribution is 2.60. The lowest BCUT2D eigenvalue weighted by atomic mass is 9.49. The minimum Gasteiger partial charge on any atom is -0.496 e. The van der Waals surface area contributed by atoms with E-state index in [-0.39, 0.29) is 18.6 Å². The topological polar surface area (TPSA) is 88.0 Å². The number of methoxy groups -OCH3 is 1. The molecule has 1 aliphatic carbocycles. The van der Waals surface area contributed by atoms with Gasteiger partial charge in [-0.1, -0.05) is 127 Å². The second kappa shape index (κ2) is 13.4. The van der Waals surface area contributed by atoms with Gasteiger partial charge in [0.25, 0.3) is 0 Å². The summed E-state index contributed by atoms with van der Waals surface area (Å²) in [6.45, 7) is 0.730. The van der Waals surface area contributed by atoms with Crippen LogP contribution in [-0.2, 0) is 28.8 Å². The van der Waals surface area contributed by atoms with Crippen LogP contribution < -0.4 is 14.8 Å². The van der Waals surface area contributed by atoms with Gasteiger partial charge in [0.1, 0.15) is 23.7 Å². The average molecular weight is 640 g/mol. The van der Waals surface area contributed by atoms with E-state index >= 15 is 0 Å². The van der Waals surface area contributed by atoms with Gasteiger partial charge in [-0.3, -0.25) is 4.79 Å². The summed E-state index contributed by atoms with van der Waals surface area (Å²) in [4.78, 5) is 14.7. The number of carbonyl (C=O) groups excluding carboxylic acids is 1. The number of aliphatic hydroxyl groups is 2. The molecular formula is C42H41NO5. The zero-order valence-electron chi connectivity index (χ0n) is 27.0. The summed E-state index contributed by atoms with van der Waals surface area (Å²) >= 11 is 0. The first-order chi connectivity index (χ1) is 23.5. The third-order valence-corrected chi connectivity index (χ3v) is 10.5. The van der Waals surface area contributed by atoms with E-state index in [1.165, 1.54) is 0 Å². The van der Waals surface area contributed by atoms with Crippen molar-refractivity contribution in [3.63, 3.8) is 0 Å². The van der Waals surface area contributed by atoms with E-state index in [1.54, 1.807) is 7.11 Å². The van der Waals surface area contributed by atoms with Crippen molar-refractivity contribution in [1.82, 2.24) is 5.32 Å². The average Bonchev–Trinajstić information content (AvgIpc) is 3.61. The number of carbonyl (C=O) groups is 1. The summed E-state index contributed by atoms with van der Waals surface area (Å²) in [6.07, 6.45) is -0.793. The molecule has 244 valence electrons. The van der Waals surface area contributed by atoms with Crippen molar-refractivity contribution in [1.29, 1.82) is 0 Å². The van der Waals surface area contributed by atoms with Crippen molar-refractivity contribution in [2.75, 3.05) is 13.7 Å². The standard InChI is InChI=1S/C42H41NO5/c1-47-37-24-14-12-22-33(37)42(46)34-27-43-40(35(44)25-30-17-11-13-23-36(30)48-28-29-15-5-2-6-16-29)39(34)41(26-38(42)45,31-18-7-3-8-19-31)32-20-9-4-10-21-32/h2-24,34,38-40,43,45-46H,25-28H2,1H3/t34-,38+,39-,40?,42-/m0/s1. The highest BCUT2D eigenvalue weighted by molar-refractivity contribution is 5.88. The fourth-order valence-corrected chi connectivity index (χ4v) is 8.39. The molecule has 6 heteroatoms. The summed E-state index contributed by atoms with van der Waals surface area (Å²) in [7, 11) is 1.57. The smallest absolute Gasteiger partial charge is 0.154 e. The highest BCUT2D eigenvalue weighted by atomic mass is 16.5. The number of Topliss-reactive ketones (excluding diaryl/α,β-unsaturated/α-hetero) is 1. The molecule has 0 amide bonds. The molecule has 5 aromatic rings. The fraction of sp³-hybridized carbons (Fsp3) is 0.262. The van der Waals surface area contributed by atoms with Crippen molar-refractivity contribution in [2.24, 2.45) is 11.8 Å². The van der Waals surface area contributed by atoms with Gasteiger partial charge < -0.3 is 25.0 Å². The Kier molecular flexibility index (Phi) is 8.88. The van der Waals surface area contributed by atoms with Crippen molar-refractivity contribution < 1.29 is 24.5 Å². The second-order valence-electron chi connectivity index (χ2n) is 13.0. The van der Waals surface area contributed by atoms with E-state index in [4.69, 9.17) is 9.47 Å². The first-order valence-electron chi connectivity index (χ1n) is 16.6. The molecule has 1 heterocycles. The van der Waals surface area contributed by atoms with Crippen LogP contribution in [0.15, 0.2) is 140 Å². The van der Waals surface area contributed by atoms with E-state index in [0.29, 0.717) is 30.2 Å². The number of ketones is 1. The molecule has 1 saturated carbocycles. The van der Waals surface area contributed by atoms with Crippen LogP contribution in [0.5, 0.6) is 11.5 Å². The predicted molar refractivity (Wildman–Crippen MR) is 186 cm³/mol. The Balaban J connectivity index is 1.32. The lowest BCUT2D eigenvalue weighted by molar-refractivity contribution is -0.171. The van der Waals surface area contributed by atoms with Crippen molar-refractivity contribution in [2.45, 2.75) is 42.6 Å². The molecule has 1 aliphatic heterocycles. The van der Waals surface area contributed by atoms with Crippen LogP contribution in [-0.4, -0.2) is 41.8 Å². The van der Waals surface area contributed by atoms with Gasteiger partial charge in [-0.2, -0.15) is 0 Å². The molecule has 5 atom stereocenters. The number of hydrogen-bond acceptors (Lipinski definition) is 6. The van der Waals surface area contributed by atoms with Crippen LogP contribution in [0.4, 0.5) is 0 Å². The van der Waals surface area contributed by atoms with E-state index in [2.05, 4.69) is 29.6 Å². The number of benzene rings is 5. The minimum absolute atomic E-state index is 0.00765. The first kappa shape index (κ1) is 31.8. The molecule has 0 spiro atoms. The summed E-state index contributed by atoms with van der Waals surface area (Å²) in [5, 5.41) is 28.6. The number of para-hydroxylation sites is 2. The van der Waals surface area contributed by atoms with Crippen molar-refractivity contribution in [3.8, 4) is 11.5 Å². The molecule has 48 heavy (non-hydrogen) atoms. The molecule has 1 unspecified atom stereocenters. The molecule has 0 radical (unpaired) electrons. The van der Waals surface area contributed by atoms with Crippen LogP contribution in [0.3, 0.4) is 0 Å². The third kappa shape index (κ3) is 5.50. The summed E-state index contributed by atoms with van der Waals surface area (Å²) < 4.78 is 12.0. The Labute approximate surface area is 282 Å². The summed E-state index contributed by atoms with van der Waals surface area (Å²) in [5.41, 5.74) is 1.92. The minimum atomic E-state index is -1.68. The number of nitrogens with one attached hydrogen (secondary N) is 1. The Morgan fingerprint density at radius 1 is 0.771 bits per heavy atom. The zero-order chi connectivity index (χ0) is 33.1. The van der Waals surface area contributed by atoms with Crippen LogP contribution in [0.25, 0.3) is 0 Å². The van der Waals surface area contributed by atoms with Crippen molar-refractivity contribution >= 4 is 5.78 Å². The molecule has 1 saturated heterocycles. The number of rotatable bonds is 10. The van der Waals surface area contributed by atoms with Crippen LogP contribution in [0, 0.1) is 11.8 Å². The van der Waals surface area contributed by atoms with Gasteiger partial charge in [0.15, 0.2) is 5.78 Å². The lowest BCUT2D eigenvalue weighted by Gasteiger charge is -2.56. The highest BCUT2D eigenvalue weighted by Gasteiger charge is 2.66. The lowest BCUT2D eigenvalue weighted by Crippen LogP contribution is -2.62. The van der Waals surface area contributed by atoms with E-state index < -0.39 is 35.0 Å². The van der Waals surface area contributed by atoms with Crippen LogP contribution in [0.2, 0.25) is 0 Å². The summed E-state index contributed by atoms with van der Waals surface area (Å²) in [6, 6.07) is 44.7. The number of fused-ring (bicyclic) bond motifs is 1. The normalized spacial score (nSPS) is 24.4. The second-order valence-corrected chi connectivity index (χ2v) is 13.0. The van der Waals surface area contributed by atoms with Crippen molar-refractivity contribution in [3.05, 3.63) is 167 Å². The number of ether oxygens (including phenoxy) is 2. The molecule has 5 aromatic carbocycles. The Bertz CT molecular complexity index is 1810. The molecule has 0 bridgehead atoms. The molecule has 0 aromatic heterocycles. The van der Waals surface area contributed by atoms with Crippen LogP contribution in [0.1, 0.15) is 34.2 Å². The fourth-order valence-electron chi connectivity index (χ4n) is 8.39. The molecular weight excluding hydrogens is 598 g/mol. The first-order valence-corrected chi connectivity index (χ1v) is 16.6.